The van der Waals surface area contributed by atoms with Gasteiger partial charge >= 0.3 is 0 Å². The van der Waals surface area contributed by atoms with Gasteiger partial charge < -0.3 is 10.1 Å². The Bertz CT molecular complexity index is 664. The molecular formula is C15H12Cl2FNO2. The summed E-state index contributed by atoms with van der Waals surface area (Å²) < 4.78 is 18.9. The fraction of sp³-hybridized carbons (Fsp3) is 0.133. The third-order valence-electron chi connectivity index (χ3n) is 2.70. The van der Waals surface area contributed by atoms with E-state index in [1.165, 1.54) is 18.2 Å². The molecule has 0 fully saturated rings. The van der Waals surface area contributed by atoms with Crippen LogP contribution >= 0.6 is 23.2 Å². The molecule has 0 aromatic heterocycles. The lowest BCUT2D eigenvalue weighted by Gasteiger charge is -2.16. The lowest BCUT2D eigenvalue weighted by atomic mass is 10.3. The van der Waals surface area contributed by atoms with Crippen LogP contribution in [-0.2, 0) is 4.79 Å². The van der Waals surface area contributed by atoms with Gasteiger partial charge in [0, 0.05) is 5.02 Å². The molecule has 2 rings (SSSR count). The average Bonchev–Trinajstić information content (AvgIpc) is 2.44. The molecular weight excluding hydrogens is 316 g/mol. The molecule has 1 N–H and O–H groups in total. The van der Waals surface area contributed by atoms with Gasteiger partial charge in [-0.15, -0.1) is 0 Å². The Morgan fingerprint density at radius 2 is 1.95 bits per heavy atom. The predicted octanol–water partition coefficient (Wildman–Crippen LogP) is 4.54. The van der Waals surface area contributed by atoms with Gasteiger partial charge in [-0.3, -0.25) is 4.79 Å². The van der Waals surface area contributed by atoms with Crippen molar-refractivity contribution in [2.24, 2.45) is 0 Å². The van der Waals surface area contributed by atoms with Gasteiger partial charge in [-0.2, -0.15) is 0 Å². The summed E-state index contributed by atoms with van der Waals surface area (Å²) in [6.45, 7) is 1.54. The maximum atomic E-state index is 13.5. The highest BCUT2D eigenvalue weighted by Gasteiger charge is 2.17. The van der Waals surface area contributed by atoms with E-state index < -0.39 is 17.8 Å². The van der Waals surface area contributed by atoms with Crippen molar-refractivity contribution in [3.63, 3.8) is 0 Å². The number of halogens is 3. The van der Waals surface area contributed by atoms with Crippen LogP contribution in [0.15, 0.2) is 42.5 Å². The molecule has 0 aliphatic rings. The first-order valence-corrected chi connectivity index (χ1v) is 6.90. The Morgan fingerprint density at radius 3 is 2.62 bits per heavy atom. The normalized spacial score (nSPS) is 11.8. The van der Waals surface area contributed by atoms with E-state index in [2.05, 4.69) is 5.32 Å². The van der Waals surface area contributed by atoms with E-state index in [9.17, 15) is 9.18 Å². The molecule has 1 atom stereocenters. The lowest BCUT2D eigenvalue weighted by molar-refractivity contribution is -0.122. The third kappa shape index (κ3) is 4.09. The van der Waals surface area contributed by atoms with Gasteiger partial charge in [-0.25, -0.2) is 4.39 Å². The van der Waals surface area contributed by atoms with Gasteiger partial charge in [0.2, 0.25) is 0 Å². The van der Waals surface area contributed by atoms with Gasteiger partial charge in [0.05, 0.1) is 10.7 Å². The summed E-state index contributed by atoms with van der Waals surface area (Å²) in [4.78, 5) is 12.0. The molecule has 0 spiro atoms. The van der Waals surface area contributed by atoms with Crippen LogP contribution in [0, 0.1) is 5.82 Å². The van der Waals surface area contributed by atoms with Crippen molar-refractivity contribution in [2.75, 3.05) is 5.32 Å². The van der Waals surface area contributed by atoms with E-state index in [4.69, 9.17) is 27.9 Å². The molecule has 0 bridgehead atoms. The van der Waals surface area contributed by atoms with Crippen molar-refractivity contribution in [3.05, 3.63) is 58.3 Å². The van der Waals surface area contributed by atoms with Crippen molar-refractivity contribution >= 4 is 34.8 Å². The second-order valence-corrected chi connectivity index (χ2v) is 5.15. The van der Waals surface area contributed by atoms with Gasteiger partial charge in [0.25, 0.3) is 5.91 Å². The zero-order valence-corrected chi connectivity index (χ0v) is 12.6. The number of hydrogen-bond donors (Lipinski definition) is 1. The number of anilines is 1. The second kappa shape index (κ2) is 6.78. The molecule has 0 aliphatic carbocycles. The van der Waals surface area contributed by atoms with Crippen molar-refractivity contribution in [1.29, 1.82) is 0 Å². The molecule has 21 heavy (non-hydrogen) atoms. The largest absolute Gasteiger partial charge is 0.479 e. The zero-order chi connectivity index (χ0) is 15.4. The minimum Gasteiger partial charge on any atom is -0.479 e. The van der Waals surface area contributed by atoms with Crippen LogP contribution in [-0.4, -0.2) is 12.0 Å². The number of rotatable bonds is 4. The monoisotopic (exact) mass is 327 g/mol. The number of carbonyl (C=O) groups excluding carboxylic acids is 1. The van der Waals surface area contributed by atoms with Crippen molar-refractivity contribution < 1.29 is 13.9 Å². The van der Waals surface area contributed by atoms with Crippen LogP contribution in [0.5, 0.6) is 5.75 Å². The van der Waals surface area contributed by atoms with E-state index >= 15 is 0 Å². The summed E-state index contributed by atoms with van der Waals surface area (Å²) in [5.74, 6) is -0.661. The molecule has 110 valence electrons. The number of hydrogen-bond acceptors (Lipinski definition) is 2. The van der Waals surface area contributed by atoms with E-state index in [-0.39, 0.29) is 5.69 Å². The number of amides is 1. The predicted molar refractivity (Wildman–Crippen MR) is 81.6 cm³/mol. The number of nitrogens with one attached hydrogen (secondary N) is 1. The first kappa shape index (κ1) is 15.6. The highest BCUT2D eigenvalue weighted by atomic mass is 35.5. The fourth-order valence-corrected chi connectivity index (χ4v) is 2.06. The molecule has 6 heteroatoms. The van der Waals surface area contributed by atoms with Crippen molar-refractivity contribution in [2.45, 2.75) is 13.0 Å². The maximum Gasteiger partial charge on any atom is 0.265 e. The van der Waals surface area contributed by atoms with Crippen LogP contribution in [0.1, 0.15) is 6.92 Å². The van der Waals surface area contributed by atoms with E-state index in [1.807, 2.05) is 0 Å². The zero-order valence-electron chi connectivity index (χ0n) is 11.1. The molecule has 0 aliphatic heterocycles. The van der Waals surface area contributed by atoms with Crippen molar-refractivity contribution in [3.8, 4) is 5.75 Å². The molecule has 0 unspecified atom stereocenters. The quantitative estimate of drug-likeness (QED) is 0.895. The summed E-state index contributed by atoms with van der Waals surface area (Å²) in [6, 6.07) is 10.6. The van der Waals surface area contributed by atoms with Crippen molar-refractivity contribution in [1.82, 2.24) is 0 Å². The van der Waals surface area contributed by atoms with E-state index in [0.717, 1.165) is 0 Å². The van der Waals surface area contributed by atoms with Gasteiger partial charge in [0.1, 0.15) is 11.6 Å². The van der Waals surface area contributed by atoms with Gasteiger partial charge in [-0.1, -0.05) is 35.3 Å². The van der Waals surface area contributed by atoms with Crippen LogP contribution < -0.4 is 10.1 Å². The molecule has 0 saturated carbocycles. The molecule has 1 amide bonds. The molecule has 3 nitrogen and oxygen atoms in total. The second-order valence-electron chi connectivity index (χ2n) is 4.30. The van der Waals surface area contributed by atoms with E-state index in [0.29, 0.717) is 15.8 Å². The Morgan fingerprint density at radius 1 is 1.24 bits per heavy atom. The summed E-state index contributed by atoms with van der Waals surface area (Å²) in [6.07, 6.45) is -0.844. The molecule has 2 aromatic carbocycles. The highest BCUT2D eigenvalue weighted by Crippen LogP contribution is 2.28. The standard InChI is InChI=1S/C15H12Cl2FNO2/c1-9(21-14-7-6-10(16)8-11(14)17)15(20)19-13-5-3-2-4-12(13)18/h2-9H,1H3,(H,19,20)/t9-/m1/s1. The minimum atomic E-state index is -0.844. The van der Waals surface area contributed by atoms with Crippen LogP contribution in [0.25, 0.3) is 0 Å². The summed E-state index contributed by atoms with van der Waals surface area (Å²) >= 11 is 11.7. The number of benzene rings is 2. The summed E-state index contributed by atoms with van der Waals surface area (Å²) in [7, 11) is 0. The minimum absolute atomic E-state index is 0.0974. The molecule has 0 heterocycles. The first-order chi connectivity index (χ1) is 9.97. The molecule has 0 saturated heterocycles. The summed E-state index contributed by atoms with van der Waals surface area (Å²) in [5, 5.41) is 3.22. The Kier molecular flexibility index (Phi) is 5.04. The van der Waals surface area contributed by atoms with Crippen LogP contribution in [0.2, 0.25) is 10.0 Å². The van der Waals surface area contributed by atoms with Gasteiger partial charge in [0.15, 0.2) is 6.10 Å². The maximum absolute atomic E-state index is 13.5. The number of carbonyl (C=O) groups is 1. The molecule has 0 radical (unpaired) electrons. The van der Waals surface area contributed by atoms with E-state index in [1.54, 1.807) is 31.2 Å². The topological polar surface area (TPSA) is 38.3 Å². The lowest BCUT2D eigenvalue weighted by Crippen LogP contribution is -2.30. The van der Waals surface area contributed by atoms with Gasteiger partial charge in [-0.05, 0) is 37.3 Å². The smallest absolute Gasteiger partial charge is 0.265 e. The Labute approximate surface area is 131 Å². The number of ether oxygens (including phenoxy) is 1. The molecule has 2 aromatic rings. The number of para-hydroxylation sites is 1. The average molecular weight is 328 g/mol. The third-order valence-corrected chi connectivity index (χ3v) is 3.23. The Balaban J connectivity index is 2.04. The SMILES string of the molecule is C[C@@H](Oc1ccc(Cl)cc1Cl)C(=O)Nc1ccccc1F. The highest BCUT2D eigenvalue weighted by molar-refractivity contribution is 6.35. The summed E-state index contributed by atoms with van der Waals surface area (Å²) in [5.41, 5.74) is 0.0974. The Hall–Kier alpha value is -1.78. The first-order valence-electron chi connectivity index (χ1n) is 6.14. The fourth-order valence-electron chi connectivity index (χ4n) is 1.61. The van der Waals surface area contributed by atoms with Crippen LogP contribution in [0.3, 0.4) is 0 Å². The van der Waals surface area contributed by atoms with Crippen LogP contribution in [0.4, 0.5) is 10.1 Å².